The summed E-state index contributed by atoms with van der Waals surface area (Å²) in [7, 11) is 0. The van der Waals surface area contributed by atoms with Gasteiger partial charge in [-0.15, -0.1) is 0 Å². The molecule has 0 unspecified atom stereocenters. The molecule has 1 fully saturated rings. The molecule has 1 aromatic heterocycles. The Balaban J connectivity index is 1.50. The van der Waals surface area contributed by atoms with Crippen LogP contribution in [0.3, 0.4) is 0 Å². The summed E-state index contributed by atoms with van der Waals surface area (Å²) in [6.07, 6.45) is -0.0715. The lowest BCUT2D eigenvalue weighted by Crippen LogP contribution is -2.48. The van der Waals surface area contributed by atoms with Gasteiger partial charge >= 0.3 is 0 Å². The number of carbonyl (C=O) groups is 1. The molecule has 3 rings (SSSR count). The van der Waals surface area contributed by atoms with E-state index in [4.69, 9.17) is 9.84 Å². The van der Waals surface area contributed by atoms with Crippen molar-refractivity contribution < 1.29 is 19.7 Å². The van der Waals surface area contributed by atoms with Gasteiger partial charge in [0.15, 0.2) is 0 Å². The minimum absolute atomic E-state index is 0.0491. The Kier molecular flexibility index (Phi) is 5.13. The van der Waals surface area contributed by atoms with E-state index in [-0.39, 0.29) is 38.2 Å². The first-order valence-electron chi connectivity index (χ1n) is 8.17. The van der Waals surface area contributed by atoms with Gasteiger partial charge in [-0.2, -0.15) is 0 Å². The molecular formula is C17H23N3O4. The highest BCUT2D eigenvalue weighted by Gasteiger charge is 2.29. The molecule has 1 aromatic carbocycles. The van der Waals surface area contributed by atoms with Crippen LogP contribution in [0.4, 0.5) is 0 Å². The van der Waals surface area contributed by atoms with Crippen molar-refractivity contribution in [1.29, 1.82) is 0 Å². The molecule has 2 atom stereocenters. The maximum Gasteiger partial charge on any atom is 0.248 e. The third-order valence-corrected chi connectivity index (χ3v) is 4.54. The van der Waals surface area contributed by atoms with Crippen LogP contribution in [0, 0.1) is 12.8 Å². The van der Waals surface area contributed by atoms with E-state index in [9.17, 15) is 9.90 Å². The number of nitrogens with one attached hydrogen (secondary N) is 1. The maximum atomic E-state index is 12.2. The normalized spacial score (nSPS) is 21.4. The summed E-state index contributed by atoms with van der Waals surface area (Å²) >= 11 is 0. The summed E-state index contributed by atoms with van der Waals surface area (Å²) in [5.41, 5.74) is 2.96. The van der Waals surface area contributed by atoms with Crippen molar-refractivity contribution in [3.05, 3.63) is 29.6 Å². The number of aromatic nitrogens is 2. The van der Waals surface area contributed by atoms with Crippen LogP contribution < -0.4 is 0 Å². The molecule has 0 spiro atoms. The number of likely N-dealkylation sites (tertiary alicyclic amines) is 1. The van der Waals surface area contributed by atoms with Crippen LogP contribution in [-0.4, -0.2) is 63.4 Å². The zero-order valence-electron chi connectivity index (χ0n) is 13.7. The third-order valence-electron chi connectivity index (χ3n) is 4.54. The van der Waals surface area contributed by atoms with Crippen LogP contribution in [0.25, 0.3) is 11.0 Å². The van der Waals surface area contributed by atoms with E-state index in [1.54, 1.807) is 4.90 Å². The molecule has 1 aliphatic rings. The van der Waals surface area contributed by atoms with E-state index in [0.29, 0.717) is 18.8 Å². The monoisotopic (exact) mass is 333 g/mol. The number of aromatic amines is 1. The van der Waals surface area contributed by atoms with Crippen LogP contribution in [0.1, 0.15) is 17.8 Å². The molecule has 1 saturated heterocycles. The predicted molar refractivity (Wildman–Crippen MR) is 88.3 cm³/mol. The zero-order chi connectivity index (χ0) is 17.1. The van der Waals surface area contributed by atoms with Gasteiger partial charge in [-0.25, -0.2) is 4.98 Å². The Morgan fingerprint density at radius 1 is 1.50 bits per heavy atom. The molecule has 0 bridgehead atoms. The summed E-state index contributed by atoms with van der Waals surface area (Å²) in [6, 6.07) is 5.92. The van der Waals surface area contributed by atoms with E-state index in [0.717, 1.165) is 16.6 Å². The lowest BCUT2D eigenvalue weighted by molar-refractivity contribution is -0.141. The Morgan fingerprint density at radius 3 is 3.04 bits per heavy atom. The number of fused-ring (bicyclic) bond motifs is 1. The predicted octanol–water partition coefficient (Wildman–Crippen LogP) is 0.590. The molecule has 7 nitrogen and oxygen atoms in total. The van der Waals surface area contributed by atoms with Crippen LogP contribution in [0.15, 0.2) is 18.2 Å². The van der Waals surface area contributed by atoms with Crippen LogP contribution in [0.5, 0.6) is 0 Å². The number of benzene rings is 1. The molecule has 0 radical (unpaired) electrons. The number of imidazole rings is 1. The van der Waals surface area contributed by atoms with Crippen molar-refractivity contribution in [1.82, 2.24) is 14.9 Å². The van der Waals surface area contributed by atoms with Crippen molar-refractivity contribution in [3.8, 4) is 0 Å². The molecular weight excluding hydrogens is 310 g/mol. The van der Waals surface area contributed by atoms with Gasteiger partial charge in [0.2, 0.25) is 5.91 Å². The second-order valence-corrected chi connectivity index (χ2v) is 6.29. The van der Waals surface area contributed by atoms with Crippen molar-refractivity contribution in [3.63, 3.8) is 0 Å². The van der Waals surface area contributed by atoms with Gasteiger partial charge in [0.1, 0.15) is 19.0 Å². The molecule has 2 heterocycles. The van der Waals surface area contributed by atoms with Crippen molar-refractivity contribution in [2.24, 2.45) is 5.92 Å². The first-order valence-corrected chi connectivity index (χ1v) is 8.17. The number of aliphatic hydroxyl groups excluding tert-OH is 2. The molecule has 1 aliphatic heterocycles. The molecule has 0 aliphatic carbocycles. The average molecular weight is 333 g/mol. The van der Waals surface area contributed by atoms with Crippen LogP contribution in [-0.2, 0) is 16.1 Å². The molecule has 1 amide bonds. The number of nitrogens with zero attached hydrogens (tertiary/aromatic N) is 2. The number of amides is 1. The number of aryl methyl sites for hydroxylation is 1. The molecule has 0 saturated carbocycles. The van der Waals surface area contributed by atoms with Gasteiger partial charge in [-0.1, -0.05) is 12.1 Å². The van der Waals surface area contributed by atoms with E-state index in [1.165, 1.54) is 0 Å². The van der Waals surface area contributed by atoms with E-state index in [2.05, 4.69) is 9.97 Å². The average Bonchev–Trinajstić information content (AvgIpc) is 2.99. The Bertz CT molecular complexity index is 715. The lowest BCUT2D eigenvalue weighted by Gasteiger charge is -2.35. The SMILES string of the molecule is Cc1cccc2[nH]c(COCC(=O)N3CC[C@H](CO)[C@@H](O)C3)nc12. The van der Waals surface area contributed by atoms with Crippen molar-refractivity contribution in [2.75, 3.05) is 26.3 Å². The summed E-state index contributed by atoms with van der Waals surface area (Å²) < 4.78 is 5.48. The number of rotatable bonds is 5. The Hall–Kier alpha value is -1.96. The van der Waals surface area contributed by atoms with Crippen LogP contribution >= 0.6 is 0 Å². The minimum Gasteiger partial charge on any atom is -0.396 e. The summed E-state index contributed by atoms with van der Waals surface area (Å²) in [5.74, 6) is 0.387. The summed E-state index contributed by atoms with van der Waals surface area (Å²) in [4.78, 5) is 21.4. The minimum atomic E-state index is -0.675. The summed E-state index contributed by atoms with van der Waals surface area (Å²) in [6.45, 7) is 2.91. The molecule has 2 aromatic rings. The number of H-pyrrole nitrogens is 1. The lowest BCUT2D eigenvalue weighted by atomic mass is 9.95. The number of aliphatic hydroxyl groups is 2. The smallest absolute Gasteiger partial charge is 0.248 e. The van der Waals surface area contributed by atoms with Gasteiger partial charge in [0, 0.05) is 25.6 Å². The number of para-hydroxylation sites is 1. The van der Waals surface area contributed by atoms with E-state index < -0.39 is 6.10 Å². The highest BCUT2D eigenvalue weighted by molar-refractivity contribution is 5.78. The van der Waals surface area contributed by atoms with Crippen molar-refractivity contribution >= 4 is 16.9 Å². The molecule has 130 valence electrons. The van der Waals surface area contributed by atoms with Gasteiger partial charge in [-0.3, -0.25) is 4.79 Å². The molecule has 7 heteroatoms. The fourth-order valence-corrected chi connectivity index (χ4v) is 3.04. The molecule has 24 heavy (non-hydrogen) atoms. The highest BCUT2D eigenvalue weighted by atomic mass is 16.5. The van der Waals surface area contributed by atoms with Gasteiger partial charge in [-0.05, 0) is 25.0 Å². The number of hydrogen-bond acceptors (Lipinski definition) is 5. The first kappa shape index (κ1) is 16.9. The topological polar surface area (TPSA) is 98.7 Å². The second kappa shape index (κ2) is 7.29. The Morgan fingerprint density at radius 2 is 2.33 bits per heavy atom. The summed E-state index contributed by atoms with van der Waals surface area (Å²) in [5, 5.41) is 19.0. The Labute approximate surface area is 140 Å². The van der Waals surface area contributed by atoms with E-state index >= 15 is 0 Å². The van der Waals surface area contributed by atoms with Gasteiger partial charge < -0.3 is 24.8 Å². The molecule has 3 N–H and O–H groups in total. The largest absolute Gasteiger partial charge is 0.396 e. The number of piperidine rings is 1. The highest BCUT2D eigenvalue weighted by Crippen LogP contribution is 2.18. The first-order chi connectivity index (χ1) is 11.6. The van der Waals surface area contributed by atoms with Gasteiger partial charge in [0.05, 0.1) is 17.1 Å². The zero-order valence-corrected chi connectivity index (χ0v) is 13.7. The fraction of sp³-hybridized carbons (Fsp3) is 0.529. The van der Waals surface area contributed by atoms with Crippen LogP contribution in [0.2, 0.25) is 0 Å². The van der Waals surface area contributed by atoms with Gasteiger partial charge in [0.25, 0.3) is 0 Å². The number of carbonyl (C=O) groups excluding carboxylic acids is 1. The number of hydrogen-bond donors (Lipinski definition) is 3. The van der Waals surface area contributed by atoms with Crippen molar-refractivity contribution in [2.45, 2.75) is 26.1 Å². The second-order valence-electron chi connectivity index (χ2n) is 6.29. The number of ether oxygens (including phenoxy) is 1. The number of β-amino-alcohol motifs (C(OH)–C–C–N with tert-alkyl or cyclic N) is 1. The standard InChI is InChI=1S/C17H23N3O4/c1-11-3-2-4-13-17(11)19-15(18-13)9-24-10-16(23)20-6-5-12(8-21)14(22)7-20/h2-4,12,14,21-22H,5-10H2,1H3,(H,18,19)/t12-,14+/m1/s1. The maximum absolute atomic E-state index is 12.2. The fourth-order valence-electron chi connectivity index (χ4n) is 3.04. The van der Waals surface area contributed by atoms with E-state index in [1.807, 2.05) is 25.1 Å². The quantitative estimate of drug-likeness (QED) is 0.744. The third kappa shape index (κ3) is 3.58.